The van der Waals surface area contributed by atoms with Gasteiger partial charge in [0.15, 0.2) is 18.8 Å². The first-order valence-corrected chi connectivity index (χ1v) is 12.6. The Morgan fingerprint density at radius 1 is 0.872 bits per heavy atom. The molecule has 0 bridgehead atoms. The number of aliphatic hydroxyl groups excluding tert-OH is 8. The van der Waals surface area contributed by atoms with Crippen LogP contribution in [0.2, 0.25) is 0 Å². The molecule has 39 heavy (non-hydrogen) atoms. The zero-order chi connectivity index (χ0) is 29.2. The van der Waals surface area contributed by atoms with Crippen LogP contribution in [0, 0.1) is 0 Å². The number of carbonyl (C=O) groups excluding carboxylic acids is 1. The molecule has 0 radical (unpaired) electrons. The minimum atomic E-state index is -1.93. The van der Waals surface area contributed by atoms with E-state index in [0.29, 0.717) is 0 Å². The fraction of sp³-hybridized carbons (Fsp3) is 0.952. The maximum atomic E-state index is 12.1. The molecule has 3 aliphatic rings. The summed E-state index contributed by atoms with van der Waals surface area (Å²) in [6.07, 6.45) is -19.9. The van der Waals surface area contributed by atoms with E-state index in [0.717, 1.165) is 0 Å². The van der Waals surface area contributed by atoms with Gasteiger partial charge < -0.3 is 82.3 Å². The van der Waals surface area contributed by atoms with Gasteiger partial charge in [0.25, 0.3) is 5.91 Å². The van der Waals surface area contributed by atoms with E-state index in [-0.39, 0.29) is 19.4 Å². The molecule has 17 N–H and O–H groups in total. The molecule has 18 heteroatoms. The highest BCUT2D eigenvalue weighted by molar-refractivity contribution is 5.80. The number of ether oxygens (including phenoxy) is 4. The first kappa shape index (κ1) is 32.3. The maximum Gasteiger partial charge on any atom is 0.264 e. The lowest BCUT2D eigenvalue weighted by molar-refractivity contribution is -0.334. The quantitative estimate of drug-likeness (QED) is 0.114. The van der Waals surface area contributed by atoms with Gasteiger partial charge in [-0.15, -0.1) is 0 Å². The zero-order valence-corrected chi connectivity index (χ0v) is 21.0. The van der Waals surface area contributed by atoms with Gasteiger partial charge in [-0.05, 0) is 19.4 Å². The van der Waals surface area contributed by atoms with Crippen LogP contribution >= 0.6 is 0 Å². The highest BCUT2D eigenvalue weighted by Crippen LogP contribution is 2.32. The second kappa shape index (κ2) is 13.7. The predicted molar refractivity (Wildman–Crippen MR) is 127 cm³/mol. The Morgan fingerprint density at radius 3 is 2.05 bits per heavy atom. The normalized spacial score (nSPS) is 47.9. The van der Waals surface area contributed by atoms with Crippen molar-refractivity contribution in [1.82, 2.24) is 5.32 Å². The summed E-state index contributed by atoms with van der Waals surface area (Å²) in [4.78, 5) is 12.1. The van der Waals surface area contributed by atoms with Gasteiger partial charge in [-0.1, -0.05) is 0 Å². The molecule has 18 nitrogen and oxygen atoms in total. The lowest BCUT2D eigenvalue weighted by atomic mass is 9.83. The van der Waals surface area contributed by atoms with Crippen LogP contribution in [0.3, 0.4) is 0 Å². The Morgan fingerprint density at radius 2 is 1.46 bits per heavy atom. The number of aliphatic hydroxyl groups is 8. The first-order valence-electron chi connectivity index (χ1n) is 12.6. The third-order valence-electron chi connectivity index (χ3n) is 7.25. The van der Waals surface area contributed by atoms with Gasteiger partial charge in [0.05, 0.1) is 24.8 Å². The molecule has 16 unspecified atom stereocenters. The summed E-state index contributed by atoms with van der Waals surface area (Å²) in [6.45, 7) is -0.595. The predicted octanol–water partition coefficient (Wildman–Crippen LogP) is -8.47. The third kappa shape index (κ3) is 7.01. The van der Waals surface area contributed by atoms with Gasteiger partial charge in [0.1, 0.15) is 54.9 Å². The summed E-state index contributed by atoms with van der Waals surface area (Å²) in [5.74, 6) is -1.04. The van der Waals surface area contributed by atoms with Crippen molar-refractivity contribution in [3.63, 3.8) is 0 Å². The van der Waals surface area contributed by atoms with Crippen molar-refractivity contribution in [3.05, 3.63) is 0 Å². The van der Waals surface area contributed by atoms with Gasteiger partial charge in [-0.3, -0.25) is 10.5 Å². The molecule has 0 aromatic carbocycles. The fourth-order valence-electron chi connectivity index (χ4n) is 4.98. The van der Waals surface area contributed by atoms with Crippen LogP contribution < -0.4 is 28.3 Å². The van der Waals surface area contributed by atoms with Crippen molar-refractivity contribution in [2.24, 2.45) is 22.9 Å². The molecule has 3 rings (SSSR count). The monoisotopic (exact) mass is 571 g/mol. The SMILES string of the molecule is NCCC1OC(OC2C(N)CC(NC(=O)C(N)O)C(OC3OC(CO)C(O)C(N)C3O)C2O)C(O)C(O)C1O. The van der Waals surface area contributed by atoms with Crippen LogP contribution in [0.1, 0.15) is 12.8 Å². The molecule has 3 fully saturated rings. The third-order valence-corrected chi connectivity index (χ3v) is 7.25. The zero-order valence-electron chi connectivity index (χ0n) is 21.0. The fourth-order valence-corrected chi connectivity index (χ4v) is 4.98. The standard InChI is InChI=1S/C21H41N5O13/c22-2-1-7-11(29)13(31)14(32)21(36-7)38-16-5(23)3-6(26-19(35)18(25)34)17(15(16)33)39-20-12(30)9(24)10(28)8(4-27)37-20/h5-18,20-21,27-34H,1-4,22-25H2,(H,26,35). The summed E-state index contributed by atoms with van der Waals surface area (Å²) < 4.78 is 22.5. The number of amides is 1. The molecule has 228 valence electrons. The molecular formula is C21H41N5O13. The van der Waals surface area contributed by atoms with Gasteiger partial charge in [0.2, 0.25) is 0 Å². The van der Waals surface area contributed by atoms with Crippen LogP contribution in [0.15, 0.2) is 0 Å². The maximum absolute atomic E-state index is 12.1. The molecule has 16 atom stereocenters. The van der Waals surface area contributed by atoms with E-state index < -0.39 is 110 Å². The topological polar surface area (TPSA) is 332 Å². The van der Waals surface area contributed by atoms with E-state index in [1.807, 2.05) is 0 Å². The van der Waals surface area contributed by atoms with E-state index in [2.05, 4.69) is 5.32 Å². The highest BCUT2D eigenvalue weighted by Gasteiger charge is 2.52. The van der Waals surface area contributed by atoms with Crippen LogP contribution in [-0.2, 0) is 23.7 Å². The Kier molecular flexibility index (Phi) is 11.3. The van der Waals surface area contributed by atoms with Crippen LogP contribution in [0.25, 0.3) is 0 Å². The van der Waals surface area contributed by atoms with Crippen LogP contribution in [-0.4, -0.2) is 158 Å². The van der Waals surface area contributed by atoms with E-state index in [1.165, 1.54) is 0 Å². The number of hydrogen-bond acceptors (Lipinski definition) is 17. The summed E-state index contributed by atoms with van der Waals surface area (Å²) >= 11 is 0. The van der Waals surface area contributed by atoms with Crippen LogP contribution in [0.5, 0.6) is 0 Å². The largest absolute Gasteiger partial charge is 0.394 e. The van der Waals surface area contributed by atoms with Crippen molar-refractivity contribution in [2.75, 3.05) is 13.2 Å². The number of nitrogens with two attached hydrogens (primary N) is 4. The van der Waals surface area contributed by atoms with Gasteiger partial charge in [-0.2, -0.15) is 0 Å². The molecule has 0 aromatic rings. The summed E-state index contributed by atoms with van der Waals surface area (Å²) in [5, 5.41) is 84.1. The Bertz CT molecular complexity index is 799. The number of hydrogen-bond donors (Lipinski definition) is 13. The highest BCUT2D eigenvalue weighted by atomic mass is 16.7. The van der Waals surface area contributed by atoms with Crippen molar-refractivity contribution < 1.29 is 64.6 Å². The number of rotatable bonds is 9. The Labute approximate surface area is 223 Å². The van der Waals surface area contributed by atoms with Crippen LogP contribution in [0.4, 0.5) is 0 Å². The Balaban J connectivity index is 1.84. The van der Waals surface area contributed by atoms with Crippen molar-refractivity contribution in [2.45, 2.75) is 111 Å². The molecule has 1 aliphatic carbocycles. The summed E-state index contributed by atoms with van der Waals surface area (Å²) in [6, 6.07) is -3.51. The van der Waals surface area contributed by atoms with Gasteiger partial charge >= 0.3 is 0 Å². The molecular weight excluding hydrogens is 530 g/mol. The van der Waals surface area contributed by atoms with E-state index >= 15 is 0 Å². The minimum Gasteiger partial charge on any atom is -0.394 e. The van der Waals surface area contributed by atoms with Gasteiger partial charge in [0, 0.05) is 6.04 Å². The lowest BCUT2D eigenvalue weighted by Gasteiger charge is -2.49. The second-order valence-corrected chi connectivity index (χ2v) is 10.0. The lowest BCUT2D eigenvalue weighted by Crippen LogP contribution is -2.69. The van der Waals surface area contributed by atoms with Gasteiger partial charge in [-0.25, -0.2) is 0 Å². The Hall–Kier alpha value is -1.17. The molecule has 1 saturated carbocycles. The van der Waals surface area contributed by atoms with Crippen molar-refractivity contribution >= 4 is 5.91 Å². The first-order chi connectivity index (χ1) is 18.3. The van der Waals surface area contributed by atoms with Crippen molar-refractivity contribution in [1.29, 1.82) is 0 Å². The van der Waals surface area contributed by atoms with Crippen molar-refractivity contribution in [3.8, 4) is 0 Å². The van der Waals surface area contributed by atoms with E-state index in [4.69, 9.17) is 41.9 Å². The number of carbonyl (C=O) groups is 1. The average Bonchev–Trinajstić information content (AvgIpc) is 2.89. The smallest absolute Gasteiger partial charge is 0.264 e. The van der Waals surface area contributed by atoms with E-state index in [9.17, 15) is 45.6 Å². The molecule has 2 heterocycles. The molecule has 0 spiro atoms. The second-order valence-electron chi connectivity index (χ2n) is 10.0. The molecule has 0 aromatic heterocycles. The average molecular weight is 572 g/mol. The van der Waals surface area contributed by atoms with E-state index in [1.54, 1.807) is 0 Å². The summed E-state index contributed by atoms with van der Waals surface area (Å²) in [5.41, 5.74) is 22.8. The molecule has 1 amide bonds. The molecule has 2 saturated heterocycles. The molecule has 2 aliphatic heterocycles. The number of nitrogens with one attached hydrogen (secondary N) is 1. The summed E-state index contributed by atoms with van der Waals surface area (Å²) in [7, 11) is 0. The minimum absolute atomic E-state index is 0.0858.